The predicted octanol–water partition coefficient (Wildman–Crippen LogP) is 22.0. The predicted molar refractivity (Wildman–Crippen MR) is 531 cm³/mol. The second-order valence-corrected chi connectivity index (χ2v) is 34.8. The van der Waals surface area contributed by atoms with E-state index < -0.39 is 0 Å². The van der Waals surface area contributed by atoms with Crippen molar-refractivity contribution >= 4 is 211 Å². The van der Waals surface area contributed by atoms with Crippen LogP contribution in [-0.2, 0) is 0 Å². The van der Waals surface area contributed by atoms with Gasteiger partial charge >= 0.3 is 0 Å². The number of hydrogen-bond donors (Lipinski definition) is 0. The molecule has 0 amide bonds. The Bertz CT molecular complexity index is 8980. The van der Waals surface area contributed by atoms with Crippen molar-refractivity contribution in [2.24, 2.45) is 0 Å². The molecule has 24 aromatic rings. The molecule has 0 radical (unpaired) electrons. The smallest absolute Gasteiger partial charge is 0.261 e. The van der Waals surface area contributed by atoms with E-state index in [0.717, 1.165) is 125 Å². The van der Waals surface area contributed by atoms with Crippen LogP contribution in [0.25, 0.3) is 124 Å². The summed E-state index contributed by atoms with van der Waals surface area (Å²) in [5.74, 6) is 14.5. The number of ether oxygens (including phenoxy) is 8. The lowest BCUT2D eigenvalue weighted by Crippen LogP contribution is -2.57. The molecule has 0 aliphatic carbocycles. The third-order valence-corrected chi connectivity index (χ3v) is 28.1. The van der Waals surface area contributed by atoms with Crippen LogP contribution in [0, 0.1) is 0 Å². The summed E-state index contributed by atoms with van der Waals surface area (Å²) in [4.78, 5) is 0. The topological polar surface area (TPSA) is 78.8 Å². The molecule has 32 rings (SSSR count). The van der Waals surface area contributed by atoms with E-state index in [0.29, 0.717) is 0 Å². The quantitative estimate of drug-likeness (QED) is 0.119. The standard InChI is InChI=1S/C30H18BNO2.C30H17BO2.2C28H15BO2/c1-2-9-19(10-3-1)32-24-13-6-4-11-20(24)21-17-23-29(18-25(21)32)34-28-16-8-15-27-30(28)31(23)22-12-5-7-14-26(22)33-27;1-2-10-20-18(8-1)19-9-3-4-11-21(19)28-22(20)16-17-24-30(28)33-27-15-7-14-26-29(27)31(24)23-12-5-6-13-25(23)32-26;1-2-8-22-20(7-1)29-21-15-18-12-11-16-5-3-6-17-13-14-19(26(18)25(16)17)28(21)31-24-10-4-9-23(30-22)27(24)29;1-2-8-21-20(7-1)29-27-19-14-13-17-6-3-5-16-11-12-18(26(19)25(16)17)15-24(27)31-23-10-4-9-22(30-21)28(23)29/h1-18H;1-17H;2*1-15H. The molecule has 8 aliphatic heterocycles. The first-order valence-electron chi connectivity index (χ1n) is 44.2. The van der Waals surface area contributed by atoms with E-state index in [1.807, 2.05) is 78.9 Å². The molecule has 0 bridgehead atoms. The fourth-order valence-corrected chi connectivity index (χ4v) is 22.8. The molecule has 9 nitrogen and oxygen atoms in total. The molecule has 0 N–H and O–H groups in total. The highest BCUT2D eigenvalue weighted by atomic mass is 16.5. The number of para-hydroxylation sites is 6. The largest absolute Gasteiger partial charge is 0.458 e. The fourth-order valence-electron chi connectivity index (χ4n) is 22.8. The van der Waals surface area contributed by atoms with Crippen LogP contribution < -0.4 is 103 Å². The monoisotopic (exact) mass is 1640 g/mol. The van der Waals surface area contributed by atoms with Crippen LogP contribution in [0.5, 0.6) is 92.0 Å². The third kappa shape index (κ3) is 10.2. The summed E-state index contributed by atoms with van der Waals surface area (Å²) in [6.07, 6.45) is 0. The molecule has 0 spiro atoms. The molecule has 9 heterocycles. The van der Waals surface area contributed by atoms with Crippen LogP contribution in [-0.4, -0.2) is 31.4 Å². The summed E-state index contributed by atoms with van der Waals surface area (Å²) in [6, 6.07) is 139. The molecule has 0 saturated carbocycles. The van der Waals surface area contributed by atoms with Gasteiger partial charge in [0, 0.05) is 60.5 Å². The Balaban J connectivity index is 0.0000000850. The maximum Gasteiger partial charge on any atom is 0.261 e. The minimum absolute atomic E-state index is 0.0723. The van der Waals surface area contributed by atoms with Crippen molar-refractivity contribution in [3.63, 3.8) is 0 Å². The van der Waals surface area contributed by atoms with Gasteiger partial charge < -0.3 is 42.5 Å². The Morgan fingerprint density at radius 1 is 0.155 bits per heavy atom. The SMILES string of the molecule is c1ccc(-n2c3ccccc3c3cc4c(cc32)Oc2cccc3c2B4c2ccccc2O3)cc1.c1ccc2c(c1)Oc1cccc3c1B2c1c(cc2ccc4cccc5ccc1c2c45)O3.c1ccc2c(c1)Oc1cccc3c1B2c1cc2ccc4cccc5ccc(c1O3)c2c45.c1ccc2c(c1)Oc1cccc3c1B2c1ccc2c4ccccc4c4ccccc4c2c1O3. The lowest BCUT2D eigenvalue weighted by molar-refractivity contribution is 0.464. The fraction of sp³-hybridized carbons (Fsp3) is 0. The summed E-state index contributed by atoms with van der Waals surface area (Å²) in [7, 11) is 0. The second kappa shape index (κ2) is 27.0. The van der Waals surface area contributed by atoms with Gasteiger partial charge in [0.25, 0.3) is 26.9 Å². The van der Waals surface area contributed by atoms with Crippen LogP contribution in [0.15, 0.2) is 394 Å². The minimum Gasteiger partial charge on any atom is -0.458 e. The van der Waals surface area contributed by atoms with Crippen molar-refractivity contribution in [3.8, 4) is 97.7 Å². The highest BCUT2D eigenvalue weighted by molar-refractivity contribution is 7.01. The normalized spacial score (nSPS) is 13.4. The Kier molecular flexibility index (Phi) is 14.8. The van der Waals surface area contributed by atoms with Gasteiger partial charge in [-0.1, -0.05) is 285 Å². The number of hydrogen-bond acceptors (Lipinski definition) is 8. The van der Waals surface area contributed by atoms with Gasteiger partial charge in [-0.3, -0.25) is 0 Å². The molecule has 0 atom stereocenters. The third-order valence-electron chi connectivity index (χ3n) is 28.1. The first-order chi connectivity index (χ1) is 64.0. The molecular weight excluding hydrogens is 1580 g/mol. The van der Waals surface area contributed by atoms with Crippen molar-refractivity contribution in [2.45, 2.75) is 0 Å². The van der Waals surface area contributed by atoms with Gasteiger partial charge in [-0.2, -0.15) is 0 Å². The maximum atomic E-state index is 6.73. The Hall–Kier alpha value is -16.6. The van der Waals surface area contributed by atoms with Gasteiger partial charge in [0.2, 0.25) is 0 Å². The molecule has 0 saturated heterocycles. The van der Waals surface area contributed by atoms with Crippen LogP contribution in [0.1, 0.15) is 0 Å². The van der Waals surface area contributed by atoms with Crippen LogP contribution in [0.3, 0.4) is 0 Å². The zero-order valence-corrected chi connectivity index (χ0v) is 69.1. The summed E-state index contributed by atoms with van der Waals surface area (Å²) in [5, 5.41) is 25.2. The highest BCUT2D eigenvalue weighted by Gasteiger charge is 2.46. The molecule has 1 aromatic heterocycles. The lowest BCUT2D eigenvalue weighted by Gasteiger charge is -2.34. The average Bonchev–Trinajstić information content (AvgIpc) is 1.51. The van der Waals surface area contributed by atoms with Crippen molar-refractivity contribution in [2.75, 3.05) is 0 Å². The number of rotatable bonds is 1. The van der Waals surface area contributed by atoms with E-state index in [-0.39, 0.29) is 26.9 Å². The minimum atomic E-state index is 0.0723. The summed E-state index contributed by atoms with van der Waals surface area (Å²) < 4.78 is 53.8. The molecule has 0 fully saturated rings. The number of benzene rings is 23. The number of aromatic nitrogens is 1. The zero-order valence-electron chi connectivity index (χ0n) is 69.1. The number of fused-ring (bicyclic) bond motifs is 28. The van der Waals surface area contributed by atoms with E-state index in [1.165, 1.54) is 157 Å². The van der Waals surface area contributed by atoms with Gasteiger partial charge in [0.05, 0.1) is 11.0 Å². The first kappa shape index (κ1) is 70.7. The van der Waals surface area contributed by atoms with E-state index in [9.17, 15) is 0 Å². The second-order valence-electron chi connectivity index (χ2n) is 34.8. The summed E-state index contributed by atoms with van der Waals surface area (Å²) >= 11 is 0. The highest BCUT2D eigenvalue weighted by Crippen LogP contribution is 2.49. The van der Waals surface area contributed by atoms with Crippen molar-refractivity contribution < 1.29 is 37.9 Å². The Labute approximate surface area is 740 Å². The first-order valence-corrected chi connectivity index (χ1v) is 44.2. The van der Waals surface area contributed by atoms with E-state index in [2.05, 4.69) is 320 Å². The lowest BCUT2D eigenvalue weighted by atomic mass is 9.34. The van der Waals surface area contributed by atoms with Crippen LogP contribution in [0.2, 0.25) is 0 Å². The van der Waals surface area contributed by atoms with Crippen molar-refractivity contribution in [3.05, 3.63) is 394 Å². The molecule has 129 heavy (non-hydrogen) atoms. The summed E-state index contributed by atoms with van der Waals surface area (Å²) in [6.45, 7) is 0.342. The van der Waals surface area contributed by atoms with Gasteiger partial charge in [0.1, 0.15) is 92.0 Å². The van der Waals surface area contributed by atoms with Crippen LogP contribution in [0.4, 0.5) is 0 Å². The Morgan fingerprint density at radius 3 is 1.07 bits per heavy atom. The molecule has 8 aliphatic rings. The zero-order chi connectivity index (χ0) is 84.0. The van der Waals surface area contributed by atoms with Crippen molar-refractivity contribution in [1.82, 2.24) is 4.57 Å². The van der Waals surface area contributed by atoms with Gasteiger partial charge in [-0.15, -0.1) is 0 Å². The molecule has 13 heteroatoms. The van der Waals surface area contributed by atoms with Gasteiger partial charge in [-0.05, 0) is 228 Å². The van der Waals surface area contributed by atoms with Crippen LogP contribution >= 0.6 is 0 Å². The molecule has 23 aromatic carbocycles. The summed E-state index contributed by atoms with van der Waals surface area (Å²) in [5.41, 5.74) is 17.5. The van der Waals surface area contributed by atoms with E-state index in [1.54, 1.807) is 0 Å². The Morgan fingerprint density at radius 2 is 0.519 bits per heavy atom. The van der Waals surface area contributed by atoms with Gasteiger partial charge in [0.15, 0.2) is 0 Å². The van der Waals surface area contributed by atoms with E-state index in [4.69, 9.17) is 37.9 Å². The average molecular weight is 1640 g/mol. The van der Waals surface area contributed by atoms with Crippen molar-refractivity contribution in [1.29, 1.82) is 0 Å². The van der Waals surface area contributed by atoms with E-state index >= 15 is 0 Å². The number of nitrogens with zero attached hydrogens (tertiary/aromatic N) is 1. The molecular formula is C116H65B4NO8. The van der Waals surface area contributed by atoms with Gasteiger partial charge in [-0.25, -0.2) is 0 Å². The molecule has 594 valence electrons. The molecule has 0 unspecified atom stereocenters. The maximum absolute atomic E-state index is 6.73.